The molecule has 3 aromatic rings. The summed E-state index contributed by atoms with van der Waals surface area (Å²) in [6.45, 7) is 4.49. The van der Waals surface area contributed by atoms with E-state index >= 15 is 0 Å². The van der Waals surface area contributed by atoms with E-state index in [1.54, 1.807) is 16.8 Å². The molecule has 1 aliphatic carbocycles. The summed E-state index contributed by atoms with van der Waals surface area (Å²) in [5.74, 6) is 0.449. The lowest BCUT2D eigenvalue weighted by Gasteiger charge is -2.57. The van der Waals surface area contributed by atoms with Crippen LogP contribution < -0.4 is 21.1 Å². The fraction of sp³-hybridized carbons (Fsp3) is 0.417. The zero-order chi connectivity index (χ0) is 21.7. The number of fused-ring (bicyclic) bond motifs is 1. The molecule has 2 aliphatic heterocycles. The van der Waals surface area contributed by atoms with Crippen LogP contribution in [0.4, 0.5) is 17.3 Å². The summed E-state index contributed by atoms with van der Waals surface area (Å²) in [6, 6.07) is 12.0. The lowest BCUT2D eigenvalue weighted by atomic mass is 9.74. The first-order valence-electron chi connectivity index (χ1n) is 11.3. The number of hydrogen-bond donors (Lipinski definition) is 2. The average molecular weight is 428 g/mol. The van der Waals surface area contributed by atoms with Gasteiger partial charge in [0.1, 0.15) is 17.3 Å². The lowest BCUT2D eigenvalue weighted by Crippen LogP contribution is -2.71. The highest BCUT2D eigenvalue weighted by molar-refractivity contribution is 5.77. The molecule has 32 heavy (non-hydrogen) atoms. The number of hydrogen-bond acceptors (Lipinski definition) is 7. The molecule has 0 radical (unpaired) electrons. The van der Waals surface area contributed by atoms with E-state index < -0.39 is 0 Å². The highest BCUT2D eigenvalue weighted by Gasteiger charge is 2.47. The minimum atomic E-state index is -0.255. The van der Waals surface area contributed by atoms with Crippen molar-refractivity contribution in [3.8, 4) is 6.07 Å². The van der Waals surface area contributed by atoms with Crippen molar-refractivity contribution in [2.45, 2.75) is 31.7 Å². The summed E-state index contributed by atoms with van der Waals surface area (Å²) in [7, 11) is 0. The minimum Gasteiger partial charge on any atom is -0.370 e. The normalized spacial score (nSPS) is 19.5. The summed E-state index contributed by atoms with van der Waals surface area (Å²) in [5, 5.41) is 16.8. The maximum Gasteiger partial charge on any atom is 0.270 e. The van der Waals surface area contributed by atoms with Crippen LogP contribution in [0.3, 0.4) is 0 Å². The molecule has 8 nitrogen and oxygen atoms in total. The second kappa shape index (κ2) is 7.31. The molecule has 4 heterocycles. The molecule has 0 amide bonds. The molecule has 0 bridgehead atoms. The Morgan fingerprint density at radius 2 is 1.91 bits per heavy atom. The Balaban J connectivity index is 1.27. The summed E-state index contributed by atoms with van der Waals surface area (Å²) < 4.78 is 1.71. The van der Waals surface area contributed by atoms with Crippen LogP contribution >= 0.6 is 0 Å². The Morgan fingerprint density at radius 1 is 1.16 bits per heavy atom. The maximum atomic E-state index is 12.9. The second-order valence-electron chi connectivity index (χ2n) is 9.39. The summed E-state index contributed by atoms with van der Waals surface area (Å²) in [5.41, 5.74) is 3.11. The fourth-order valence-corrected chi connectivity index (χ4v) is 5.29. The van der Waals surface area contributed by atoms with Crippen molar-refractivity contribution in [1.82, 2.24) is 19.9 Å². The Kier molecular flexibility index (Phi) is 4.40. The maximum absolute atomic E-state index is 12.9. The number of aromatic nitrogens is 3. The molecule has 3 aliphatic rings. The van der Waals surface area contributed by atoms with Gasteiger partial charge in [0.15, 0.2) is 0 Å². The summed E-state index contributed by atoms with van der Waals surface area (Å²) >= 11 is 0. The third kappa shape index (κ3) is 3.12. The van der Waals surface area contributed by atoms with Crippen molar-refractivity contribution >= 4 is 28.4 Å². The third-order valence-electron chi connectivity index (χ3n) is 7.12. The van der Waals surface area contributed by atoms with Crippen LogP contribution in [-0.4, -0.2) is 40.7 Å². The zero-order valence-electron chi connectivity index (χ0n) is 17.8. The van der Waals surface area contributed by atoms with E-state index in [9.17, 15) is 10.1 Å². The molecule has 1 saturated carbocycles. The van der Waals surface area contributed by atoms with Gasteiger partial charge >= 0.3 is 0 Å². The van der Waals surface area contributed by atoms with Crippen molar-refractivity contribution in [2.24, 2.45) is 5.41 Å². The van der Waals surface area contributed by atoms with E-state index in [0.717, 1.165) is 57.5 Å². The Labute approximate surface area is 185 Å². The molecule has 0 atom stereocenters. The van der Waals surface area contributed by atoms with Gasteiger partial charge in [0.25, 0.3) is 5.56 Å². The topological polar surface area (TPSA) is 98.9 Å². The third-order valence-corrected chi connectivity index (χ3v) is 7.12. The van der Waals surface area contributed by atoms with Crippen LogP contribution in [0.2, 0.25) is 0 Å². The standard InChI is InChI=1S/C24H25N7O/c25-10-16-9-17-11-27-23(29-21(17)31(22(16)32)20-3-1-2-4-20)28-18-5-7-19(8-6-18)30-14-24(15-30)12-26-13-24/h5-9,11,20,26H,1-4,12-15H2,(H,27,28,29). The molecular weight excluding hydrogens is 402 g/mol. The molecule has 2 aromatic heterocycles. The van der Waals surface area contributed by atoms with Gasteiger partial charge in [-0.15, -0.1) is 0 Å². The number of nitrogens with zero attached hydrogens (tertiary/aromatic N) is 5. The lowest BCUT2D eigenvalue weighted by molar-refractivity contribution is 0.121. The van der Waals surface area contributed by atoms with Gasteiger partial charge in [-0.2, -0.15) is 10.2 Å². The van der Waals surface area contributed by atoms with Crippen LogP contribution in [0.5, 0.6) is 0 Å². The first-order valence-corrected chi connectivity index (χ1v) is 11.3. The highest BCUT2D eigenvalue weighted by Crippen LogP contribution is 2.37. The number of pyridine rings is 1. The molecular formula is C24H25N7O. The zero-order valence-corrected chi connectivity index (χ0v) is 17.8. The van der Waals surface area contributed by atoms with Crippen LogP contribution in [0.1, 0.15) is 37.3 Å². The van der Waals surface area contributed by atoms with Crippen molar-refractivity contribution in [3.63, 3.8) is 0 Å². The van der Waals surface area contributed by atoms with Gasteiger partial charge < -0.3 is 15.5 Å². The van der Waals surface area contributed by atoms with E-state index in [2.05, 4.69) is 37.6 Å². The molecule has 1 aromatic carbocycles. The fourth-order valence-electron chi connectivity index (χ4n) is 5.29. The monoisotopic (exact) mass is 427 g/mol. The molecule has 2 N–H and O–H groups in total. The SMILES string of the molecule is N#Cc1cc2cnc(Nc3ccc(N4CC5(CNC5)C4)cc3)nc2n(C2CCCC2)c1=O. The van der Waals surface area contributed by atoms with E-state index in [1.807, 2.05) is 18.2 Å². The predicted octanol–water partition coefficient (Wildman–Crippen LogP) is 2.93. The van der Waals surface area contributed by atoms with Gasteiger partial charge in [0, 0.05) is 60.6 Å². The average Bonchev–Trinajstić information content (AvgIpc) is 3.27. The van der Waals surface area contributed by atoms with E-state index in [4.69, 9.17) is 0 Å². The largest absolute Gasteiger partial charge is 0.370 e. The van der Waals surface area contributed by atoms with Crippen molar-refractivity contribution < 1.29 is 0 Å². The predicted molar refractivity (Wildman–Crippen MR) is 123 cm³/mol. The van der Waals surface area contributed by atoms with Gasteiger partial charge in [-0.05, 0) is 43.2 Å². The molecule has 1 spiro atoms. The second-order valence-corrected chi connectivity index (χ2v) is 9.39. The Bertz CT molecular complexity index is 1270. The van der Waals surface area contributed by atoms with E-state index in [-0.39, 0.29) is 17.2 Å². The van der Waals surface area contributed by atoms with Crippen molar-refractivity contribution in [1.29, 1.82) is 5.26 Å². The Hall–Kier alpha value is -3.44. The van der Waals surface area contributed by atoms with Crippen LogP contribution in [0, 0.1) is 16.7 Å². The van der Waals surface area contributed by atoms with Gasteiger partial charge in [0.05, 0.1) is 0 Å². The quantitative estimate of drug-likeness (QED) is 0.660. The number of benzene rings is 1. The number of anilines is 3. The van der Waals surface area contributed by atoms with E-state index in [0.29, 0.717) is 22.4 Å². The highest BCUT2D eigenvalue weighted by atomic mass is 16.1. The van der Waals surface area contributed by atoms with E-state index in [1.165, 1.54) is 5.69 Å². The minimum absolute atomic E-state index is 0.0889. The molecule has 6 rings (SSSR count). The number of nitrogens with one attached hydrogen (secondary N) is 2. The Morgan fingerprint density at radius 3 is 2.56 bits per heavy atom. The van der Waals surface area contributed by atoms with Crippen molar-refractivity contribution in [3.05, 3.63) is 52.4 Å². The van der Waals surface area contributed by atoms with Crippen LogP contribution in [-0.2, 0) is 0 Å². The smallest absolute Gasteiger partial charge is 0.270 e. The van der Waals surface area contributed by atoms with Gasteiger partial charge in [-0.1, -0.05) is 12.8 Å². The molecule has 0 unspecified atom stereocenters. The van der Waals surface area contributed by atoms with Crippen LogP contribution in [0.15, 0.2) is 41.3 Å². The molecule has 2 saturated heterocycles. The first kappa shape index (κ1) is 19.3. The van der Waals surface area contributed by atoms with Crippen LogP contribution in [0.25, 0.3) is 11.0 Å². The number of rotatable bonds is 4. The summed E-state index contributed by atoms with van der Waals surface area (Å²) in [4.78, 5) is 24.5. The van der Waals surface area contributed by atoms with Gasteiger partial charge in [-0.3, -0.25) is 9.36 Å². The summed E-state index contributed by atoms with van der Waals surface area (Å²) in [6.07, 6.45) is 5.74. The van der Waals surface area contributed by atoms with Gasteiger partial charge in [-0.25, -0.2) is 4.98 Å². The van der Waals surface area contributed by atoms with Gasteiger partial charge in [0.2, 0.25) is 5.95 Å². The first-order chi connectivity index (χ1) is 15.6. The molecule has 162 valence electrons. The number of nitriles is 1. The molecule has 3 fully saturated rings. The van der Waals surface area contributed by atoms with Crippen molar-refractivity contribution in [2.75, 3.05) is 36.4 Å². The molecule has 8 heteroatoms.